The molecular formula is C46H75NO14. The third kappa shape index (κ3) is 13.7. The van der Waals surface area contributed by atoms with Gasteiger partial charge in [0.1, 0.15) is 12.2 Å². The summed E-state index contributed by atoms with van der Waals surface area (Å²) < 4.78 is 41.4. The van der Waals surface area contributed by atoms with Crippen LogP contribution >= 0.6 is 0 Å². The van der Waals surface area contributed by atoms with E-state index in [4.69, 9.17) is 38.9 Å². The Morgan fingerprint density at radius 1 is 1.10 bits per heavy atom. The Balaban J connectivity index is 2.00. The van der Waals surface area contributed by atoms with Crippen molar-refractivity contribution in [2.45, 2.75) is 168 Å². The molecule has 7 N–H and O–H groups in total. The van der Waals surface area contributed by atoms with Crippen LogP contribution in [0.2, 0.25) is 0 Å². The molecule has 3 aliphatic rings. The van der Waals surface area contributed by atoms with E-state index < -0.39 is 97.0 Å². The summed E-state index contributed by atoms with van der Waals surface area (Å²) in [6.07, 6.45) is 2.20. The summed E-state index contributed by atoms with van der Waals surface area (Å²) >= 11 is 0. The van der Waals surface area contributed by atoms with E-state index in [1.807, 2.05) is 53.7 Å². The van der Waals surface area contributed by atoms with Crippen molar-refractivity contribution in [1.82, 2.24) is 0 Å². The first kappa shape index (κ1) is 52.2. The van der Waals surface area contributed by atoms with Gasteiger partial charge in [0.25, 0.3) is 0 Å². The molecule has 0 bridgehead atoms. The molecule has 15 heteroatoms. The number of hydrogen-bond acceptors (Lipinski definition) is 14. The number of primary amides is 1. The van der Waals surface area contributed by atoms with Gasteiger partial charge in [-0.1, -0.05) is 89.1 Å². The number of allylic oxidation sites excluding steroid dienone is 6. The first-order valence-corrected chi connectivity index (χ1v) is 21.7. The number of aliphatic hydroxyl groups excluding tert-OH is 4. The van der Waals surface area contributed by atoms with Crippen LogP contribution in [0, 0.1) is 35.5 Å². The largest absolute Gasteiger partial charge is 0.490 e. The maximum atomic E-state index is 13.9. The van der Waals surface area contributed by atoms with Crippen LogP contribution in [0.3, 0.4) is 0 Å². The zero-order valence-corrected chi connectivity index (χ0v) is 38.2. The number of aliphatic hydroxyl groups is 5. The number of hydrogen-bond donors (Lipinski definition) is 6. The summed E-state index contributed by atoms with van der Waals surface area (Å²) in [7, 11) is 2.81. The number of rotatable bonds is 11. The lowest BCUT2D eigenvalue weighted by Gasteiger charge is -2.49. The molecule has 3 rings (SSSR count). The average Bonchev–Trinajstić information content (AvgIpc) is 3.19. The topological polar surface area (TPSA) is 226 Å². The summed E-state index contributed by atoms with van der Waals surface area (Å²) in [5.41, 5.74) is 6.78. The lowest BCUT2D eigenvalue weighted by atomic mass is 9.77. The summed E-state index contributed by atoms with van der Waals surface area (Å²) in [4.78, 5) is 25.4. The van der Waals surface area contributed by atoms with E-state index in [0.717, 1.165) is 5.57 Å². The van der Waals surface area contributed by atoms with E-state index >= 15 is 0 Å². The van der Waals surface area contributed by atoms with Crippen LogP contribution in [0.1, 0.15) is 94.9 Å². The Kier molecular flexibility index (Phi) is 20.1. The number of carbonyl (C=O) groups is 2. The Hall–Kier alpha value is -3.12. The molecule has 2 saturated heterocycles. The highest BCUT2D eigenvalue weighted by Gasteiger charge is 2.52. The summed E-state index contributed by atoms with van der Waals surface area (Å²) in [6.45, 7) is 18.2. The van der Waals surface area contributed by atoms with Crippen LogP contribution < -0.4 is 5.73 Å². The zero-order valence-electron chi connectivity index (χ0n) is 38.2. The molecule has 3 aliphatic heterocycles. The van der Waals surface area contributed by atoms with Gasteiger partial charge in [0.15, 0.2) is 18.2 Å². The number of carbonyl (C=O) groups excluding carboxylic acids is 2. The van der Waals surface area contributed by atoms with E-state index in [0.29, 0.717) is 18.4 Å². The molecule has 1 unspecified atom stereocenters. The van der Waals surface area contributed by atoms with Crippen molar-refractivity contribution >= 4 is 12.1 Å². The average molecular weight is 866 g/mol. The minimum absolute atomic E-state index is 0.0313. The van der Waals surface area contributed by atoms with Gasteiger partial charge in [0, 0.05) is 49.5 Å². The Morgan fingerprint density at radius 2 is 1.77 bits per heavy atom. The molecule has 0 saturated carbocycles. The van der Waals surface area contributed by atoms with Gasteiger partial charge in [0.2, 0.25) is 5.76 Å². The van der Waals surface area contributed by atoms with Crippen LogP contribution in [0.4, 0.5) is 4.79 Å². The van der Waals surface area contributed by atoms with Crippen molar-refractivity contribution in [3.05, 3.63) is 59.4 Å². The molecule has 15 nitrogen and oxygen atoms in total. The molecule has 0 radical (unpaired) electrons. The molecule has 0 aromatic heterocycles. The van der Waals surface area contributed by atoms with E-state index in [-0.39, 0.29) is 42.3 Å². The number of ether oxygens (including phenoxy) is 7. The van der Waals surface area contributed by atoms with Crippen molar-refractivity contribution in [3.63, 3.8) is 0 Å². The van der Waals surface area contributed by atoms with Gasteiger partial charge in [-0.3, -0.25) is 0 Å². The van der Waals surface area contributed by atoms with Gasteiger partial charge >= 0.3 is 12.1 Å². The van der Waals surface area contributed by atoms with Crippen molar-refractivity contribution in [3.8, 4) is 0 Å². The zero-order chi connectivity index (χ0) is 45.9. The van der Waals surface area contributed by atoms with Crippen molar-refractivity contribution in [1.29, 1.82) is 0 Å². The maximum absolute atomic E-state index is 13.9. The highest BCUT2D eigenvalue weighted by Crippen LogP contribution is 2.42. The SMILES string of the molecule is C/C=C/[C@@H]1O[C@](O)([C@H](C)[C@@H](O)[C@@H](C)[C@@H]2OC(=O)/C(OC)=C/C(C)=C/[C@H](C)[C@@H](O)C(CC)[C@@H](O)[C@@H](C)C/C(C)=C/C=C[C@H]2OC)C[C@H](O[C@@H]2C[C@H](O)[C@@H](OC(N)=O)[C@H](C)O2)[C@H]1C. The standard InChI is InChI=1S/C46H75NO14/c1-13-16-34-28(7)37(58-38-22-33(48)43(31(10)57-38)60-45(47)53)23-46(54,61-34)30(9)41(51)29(8)42-35(55-11)18-15-17-24(3)19-26(5)39(49)32(14-2)40(50)27(6)20-25(4)21-36(56-12)44(52)59-42/h13,15-18,20-21,26-35,37-43,48-51,54H,14,19,22-23H2,1-12H3,(H2,47,53)/b16-13+,18-15?,24-17+,25-20+,36-21-/t26-,27-,28-,29+,30+,31-,32?,33-,34-,35+,37-,38+,39-,40+,41-,42-,43-,46-/m0/s1. The third-order valence-corrected chi connectivity index (χ3v) is 12.8. The summed E-state index contributed by atoms with van der Waals surface area (Å²) in [5.74, 6) is -6.00. The molecule has 348 valence electrons. The van der Waals surface area contributed by atoms with Crippen LogP contribution in [-0.4, -0.2) is 125 Å². The first-order chi connectivity index (χ1) is 28.6. The predicted molar refractivity (Wildman–Crippen MR) is 228 cm³/mol. The van der Waals surface area contributed by atoms with Crippen molar-refractivity contribution < 1.29 is 68.3 Å². The third-order valence-electron chi connectivity index (χ3n) is 12.8. The number of esters is 1. The van der Waals surface area contributed by atoms with Gasteiger partial charge in [-0.05, 0) is 52.5 Å². The number of cyclic esters (lactones) is 1. The van der Waals surface area contributed by atoms with Crippen molar-refractivity contribution in [2.75, 3.05) is 14.2 Å². The Morgan fingerprint density at radius 3 is 2.34 bits per heavy atom. The van der Waals surface area contributed by atoms with Gasteiger partial charge < -0.3 is 64.4 Å². The molecule has 0 aromatic carbocycles. The summed E-state index contributed by atoms with van der Waals surface area (Å²) in [5, 5.41) is 58.0. The van der Waals surface area contributed by atoms with Gasteiger partial charge in [0.05, 0.1) is 49.8 Å². The van der Waals surface area contributed by atoms with Gasteiger partial charge in [-0.25, -0.2) is 9.59 Å². The molecule has 0 aliphatic carbocycles. The number of methoxy groups -OCH3 is 2. The van der Waals surface area contributed by atoms with E-state index in [2.05, 4.69) is 0 Å². The number of nitrogens with two attached hydrogens (primary N) is 1. The molecule has 0 spiro atoms. The van der Waals surface area contributed by atoms with E-state index in [9.17, 15) is 35.1 Å². The summed E-state index contributed by atoms with van der Waals surface area (Å²) in [6, 6.07) is 0. The molecule has 3 heterocycles. The Bertz CT molecular complexity index is 1570. The van der Waals surface area contributed by atoms with Gasteiger partial charge in [-0.2, -0.15) is 0 Å². The molecule has 18 atom stereocenters. The fourth-order valence-corrected chi connectivity index (χ4v) is 8.94. The molecular weight excluding hydrogens is 790 g/mol. The molecule has 0 aromatic rings. The lowest BCUT2D eigenvalue weighted by Crippen LogP contribution is -2.59. The molecule has 61 heavy (non-hydrogen) atoms. The fraction of sp³-hybridized carbons (Fsp3) is 0.739. The van der Waals surface area contributed by atoms with Crippen LogP contribution in [0.15, 0.2) is 59.4 Å². The molecule has 2 fully saturated rings. The quantitative estimate of drug-likeness (QED) is 0.119. The van der Waals surface area contributed by atoms with E-state index in [1.165, 1.54) is 20.3 Å². The second kappa shape index (κ2) is 23.5. The monoisotopic (exact) mass is 866 g/mol. The van der Waals surface area contributed by atoms with Crippen LogP contribution in [0.5, 0.6) is 0 Å². The highest BCUT2D eigenvalue weighted by atomic mass is 16.7. The fourth-order valence-electron chi connectivity index (χ4n) is 8.94. The first-order valence-electron chi connectivity index (χ1n) is 21.7. The predicted octanol–water partition coefficient (Wildman–Crippen LogP) is 4.98. The minimum Gasteiger partial charge on any atom is -0.490 e. The molecule has 1 amide bonds. The Labute approximate surface area is 362 Å². The lowest BCUT2D eigenvalue weighted by molar-refractivity contribution is -0.338. The minimum atomic E-state index is -1.97. The van der Waals surface area contributed by atoms with Crippen molar-refractivity contribution in [2.24, 2.45) is 41.2 Å². The highest BCUT2D eigenvalue weighted by molar-refractivity contribution is 5.87. The smallest absolute Gasteiger partial charge is 0.404 e. The number of amides is 1. The maximum Gasteiger partial charge on any atom is 0.404 e. The second-order valence-electron chi connectivity index (χ2n) is 17.5. The van der Waals surface area contributed by atoms with Crippen LogP contribution in [-0.2, 0) is 38.0 Å². The van der Waals surface area contributed by atoms with E-state index in [1.54, 1.807) is 52.0 Å². The van der Waals surface area contributed by atoms with Crippen LogP contribution in [0.25, 0.3) is 0 Å². The normalized spacial score (nSPS) is 41.7. The second-order valence-corrected chi connectivity index (χ2v) is 17.5. The van der Waals surface area contributed by atoms with Gasteiger partial charge in [-0.15, -0.1) is 0 Å².